The van der Waals surface area contributed by atoms with Crippen LogP contribution in [0.15, 0.2) is 0 Å². The summed E-state index contributed by atoms with van der Waals surface area (Å²) in [6.45, 7) is 1.76. The van der Waals surface area contributed by atoms with Crippen LogP contribution in [-0.4, -0.2) is 18.6 Å². The molecule has 0 fully saturated rings. The van der Waals surface area contributed by atoms with Gasteiger partial charge >= 0.3 is 12.9 Å². The maximum Gasteiger partial charge on any atom is 0.505 e. The van der Waals surface area contributed by atoms with E-state index in [9.17, 15) is 9.36 Å². The van der Waals surface area contributed by atoms with Crippen molar-refractivity contribution in [1.29, 1.82) is 0 Å². The van der Waals surface area contributed by atoms with Crippen LogP contribution in [0.4, 0.5) is 0 Å². The number of hydrogen-bond acceptors (Lipinski definition) is 6. The fourth-order valence-electron chi connectivity index (χ4n) is 1.32. The molecule has 0 heterocycles. The third-order valence-corrected chi connectivity index (χ3v) is 3.72. The Labute approximate surface area is 125 Å². The SMILES string of the molecule is CCCCCCCOOP(=O)(Cl)OC(=O)[C@@H](N)C(C)C. The molecule has 6 nitrogen and oxygen atoms in total. The maximum atomic E-state index is 11.6. The maximum absolute atomic E-state index is 11.6. The van der Waals surface area contributed by atoms with E-state index in [2.05, 4.69) is 16.1 Å². The molecule has 0 aromatic rings. The number of carbonyl (C=O) groups excluding carboxylic acids is 1. The fraction of sp³-hybridized carbons (Fsp3) is 0.917. The first-order chi connectivity index (χ1) is 9.30. The molecular weight excluding hydrogens is 305 g/mol. The molecule has 8 heteroatoms. The van der Waals surface area contributed by atoms with Crippen LogP contribution in [0.25, 0.3) is 0 Å². The molecule has 0 bridgehead atoms. The molecule has 2 N–H and O–H groups in total. The van der Waals surface area contributed by atoms with Gasteiger partial charge in [-0.1, -0.05) is 46.5 Å². The Morgan fingerprint density at radius 1 is 1.25 bits per heavy atom. The molecule has 2 atom stereocenters. The summed E-state index contributed by atoms with van der Waals surface area (Å²) in [5.41, 5.74) is 5.54. The van der Waals surface area contributed by atoms with Gasteiger partial charge in [0, 0.05) is 11.2 Å². The number of nitrogens with two attached hydrogens (primary N) is 1. The molecule has 0 spiro atoms. The van der Waals surface area contributed by atoms with Gasteiger partial charge in [0.1, 0.15) is 6.04 Å². The van der Waals surface area contributed by atoms with E-state index in [1.165, 1.54) is 6.42 Å². The lowest BCUT2D eigenvalue weighted by molar-refractivity contribution is -0.212. The van der Waals surface area contributed by atoms with Crippen molar-refractivity contribution in [3.8, 4) is 0 Å². The summed E-state index contributed by atoms with van der Waals surface area (Å²) in [5.74, 6) is -1.02. The van der Waals surface area contributed by atoms with Crippen molar-refractivity contribution in [2.24, 2.45) is 11.7 Å². The number of unbranched alkanes of at least 4 members (excludes halogenated alkanes) is 4. The Hall–Kier alpha value is -0.130. The minimum atomic E-state index is -4.08. The second kappa shape index (κ2) is 10.6. The van der Waals surface area contributed by atoms with E-state index < -0.39 is 19.0 Å². The standard InChI is InChI=1S/C12H25ClNO5P/c1-4-5-6-7-8-9-17-19-20(13,16)18-12(15)11(14)10(2)3/h10-11H,4-9,14H2,1-3H3/t11-,20?/m0/s1. The predicted octanol–water partition coefficient (Wildman–Crippen LogP) is 3.78. The molecule has 120 valence electrons. The third kappa shape index (κ3) is 9.72. The van der Waals surface area contributed by atoms with Crippen LogP contribution in [0.5, 0.6) is 0 Å². The van der Waals surface area contributed by atoms with Crippen molar-refractivity contribution >= 4 is 24.2 Å². The van der Waals surface area contributed by atoms with Crippen molar-refractivity contribution in [2.75, 3.05) is 6.61 Å². The van der Waals surface area contributed by atoms with Gasteiger partial charge < -0.3 is 10.3 Å². The number of carbonyl (C=O) groups is 1. The zero-order chi connectivity index (χ0) is 15.6. The highest BCUT2D eigenvalue weighted by molar-refractivity contribution is 7.81. The molecule has 0 radical (unpaired) electrons. The Morgan fingerprint density at radius 2 is 1.85 bits per heavy atom. The lowest BCUT2D eigenvalue weighted by atomic mass is 10.1. The average Bonchev–Trinajstić information content (AvgIpc) is 2.36. The highest BCUT2D eigenvalue weighted by atomic mass is 35.7. The summed E-state index contributed by atoms with van der Waals surface area (Å²) in [7, 11) is 0. The van der Waals surface area contributed by atoms with Crippen LogP contribution in [0.1, 0.15) is 52.9 Å². The third-order valence-electron chi connectivity index (χ3n) is 2.66. The Morgan fingerprint density at radius 3 is 2.40 bits per heavy atom. The van der Waals surface area contributed by atoms with Crippen molar-refractivity contribution in [1.82, 2.24) is 0 Å². The molecule has 0 saturated heterocycles. The van der Waals surface area contributed by atoms with Gasteiger partial charge in [-0.25, -0.2) is 14.2 Å². The zero-order valence-electron chi connectivity index (χ0n) is 12.3. The summed E-state index contributed by atoms with van der Waals surface area (Å²) in [5, 5.41) is 0. The highest BCUT2D eigenvalue weighted by Crippen LogP contribution is 2.54. The van der Waals surface area contributed by atoms with E-state index in [0.29, 0.717) is 0 Å². The Balaban J connectivity index is 3.85. The molecule has 0 saturated carbocycles. The van der Waals surface area contributed by atoms with Crippen LogP contribution in [0, 0.1) is 5.92 Å². The first kappa shape index (κ1) is 19.9. The predicted molar refractivity (Wildman–Crippen MR) is 78.2 cm³/mol. The minimum Gasteiger partial charge on any atom is -0.378 e. The first-order valence-corrected chi connectivity index (χ1v) is 9.35. The van der Waals surface area contributed by atoms with Crippen molar-refractivity contribution < 1.29 is 23.4 Å². The van der Waals surface area contributed by atoms with Crippen LogP contribution in [0.3, 0.4) is 0 Å². The number of halogens is 1. The fourth-order valence-corrected chi connectivity index (χ4v) is 2.21. The Kier molecular flexibility index (Phi) is 10.5. The lowest BCUT2D eigenvalue weighted by Gasteiger charge is -2.16. The van der Waals surface area contributed by atoms with E-state index in [1.54, 1.807) is 13.8 Å². The van der Waals surface area contributed by atoms with Gasteiger partial charge in [0.2, 0.25) is 0 Å². The second-order valence-corrected chi connectivity index (χ2v) is 7.36. The lowest BCUT2D eigenvalue weighted by Crippen LogP contribution is -2.36. The monoisotopic (exact) mass is 329 g/mol. The summed E-state index contributed by atoms with van der Waals surface area (Å²) in [6.07, 6.45) is 5.18. The Bertz CT molecular complexity index is 327. The van der Waals surface area contributed by atoms with Crippen LogP contribution < -0.4 is 5.73 Å². The van der Waals surface area contributed by atoms with Crippen LogP contribution in [-0.2, 0) is 23.4 Å². The molecule has 0 aliphatic rings. The van der Waals surface area contributed by atoms with Crippen molar-refractivity contribution in [3.63, 3.8) is 0 Å². The highest BCUT2D eigenvalue weighted by Gasteiger charge is 2.31. The molecule has 0 aromatic carbocycles. The molecule has 1 unspecified atom stereocenters. The van der Waals surface area contributed by atoms with Gasteiger partial charge in [0.05, 0.1) is 6.61 Å². The number of rotatable bonds is 11. The minimum absolute atomic E-state index is 0.154. The smallest absolute Gasteiger partial charge is 0.378 e. The molecular formula is C12H25ClNO5P. The quantitative estimate of drug-likeness (QED) is 0.268. The van der Waals surface area contributed by atoms with E-state index in [1.807, 2.05) is 0 Å². The molecule has 20 heavy (non-hydrogen) atoms. The van der Waals surface area contributed by atoms with Crippen LogP contribution in [0.2, 0.25) is 0 Å². The average molecular weight is 330 g/mol. The molecule has 0 rings (SSSR count). The molecule has 0 aliphatic heterocycles. The van der Waals surface area contributed by atoms with Gasteiger partial charge in [-0.2, -0.15) is 0 Å². The first-order valence-electron chi connectivity index (χ1n) is 6.90. The van der Waals surface area contributed by atoms with Gasteiger partial charge in [0.15, 0.2) is 0 Å². The molecule has 0 amide bonds. The van der Waals surface area contributed by atoms with Gasteiger partial charge in [0.25, 0.3) is 0 Å². The summed E-state index contributed by atoms with van der Waals surface area (Å²) >= 11 is 5.45. The van der Waals surface area contributed by atoms with E-state index >= 15 is 0 Å². The van der Waals surface area contributed by atoms with E-state index in [0.717, 1.165) is 25.7 Å². The van der Waals surface area contributed by atoms with Gasteiger partial charge in [-0.05, 0) is 12.3 Å². The van der Waals surface area contributed by atoms with Crippen molar-refractivity contribution in [2.45, 2.75) is 58.9 Å². The molecule has 0 aromatic heterocycles. The summed E-state index contributed by atoms with van der Waals surface area (Å²) in [4.78, 5) is 16.2. The molecule has 0 aliphatic carbocycles. The number of hydrogen-bond donors (Lipinski definition) is 1. The zero-order valence-corrected chi connectivity index (χ0v) is 14.0. The normalized spacial score (nSPS) is 15.9. The van der Waals surface area contributed by atoms with Crippen LogP contribution >= 0.6 is 18.2 Å². The summed E-state index contributed by atoms with van der Waals surface area (Å²) in [6, 6.07) is -0.903. The summed E-state index contributed by atoms with van der Waals surface area (Å²) < 4.78 is 20.6. The van der Waals surface area contributed by atoms with Crippen molar-refractivity contribution in [3.05, 3.63) is 0 Å². The largest absolute Gasteiger partial charge is 0.505 e. The van der Waals surface area contributed by atoms with E-state index in [-0.39, 0.29) is 12.5 Å². The topological polar surface area (TPSA) is 87.9 Å². The second-order valence-electron chi connectivity index (χ2n) is 4.92. The van der Waals surface area contributed by atoms with E-state index in [4.69, 9.17) is 21.9 Å². The van der Waals surface area contributed by atoms with Gasteiger partial charge in [-0.3, -0.25) is 0 Å². The van der Waals surface area contributed by atoms with Gasteiger partial charge in [-0.15, -0.1) is 4.67 Å².